The molecule has 0 spiro atoms. The zero-order chi connectivity index (χ0) is 20.8. The van der Waals surface area contributed by atoms with E-state index in [-0.39, 0.29) is 40.2 Å². The molecule has 0 heterocycles. The summed E-state index contributed by atoms with van der Waals surface area (Å²) >= 11 is 6.46. The molecule has 0 aromatic heterocycles. The van der Waals surface area contributed by atoms with Gasteiger partial charge < -0.3 is 9.47 Å². The monoisotopic (exact) mass is 532 g/mol. The lowest BCUT2D eigenvalue weighted by Crippen LogP contribution is -2.55. The molecular weight excluding hydrogens is 500 g/mol. The highest BCUT2D eigenvalue weighted by atomic mass is 79.9. The minimum absolute atomic E-state index is 0.0865. The summed E-state index contributed by atoms with van der Waals surface area (Å²) in [5.41, 5.74) is 0.511. The Balaban J connectivity index is 1.47. The molecule has 4 aliphatic rings. The molecule has 4 saturated carbocycles. The van der Waals surface area contributed by atoms with E-state index in [0.717, 1.165) is 31.1 Å². The van der Waals surface area contributed by atoms with Crippen LogP contribution in [0.1, 0.15) is 71.6 Å². The van der Waals surface area contributed by atoms with E-state index < -0.39 is 0 Å². The highest BCUT2D eigenvalue weighted by Crippen LogP contribution is 2.66. The van der Waals surface area contributed by atoms with Gasteiger partial charge in [0.05, 0.1) is 0 Å². The molecule has 164 valence electrons. The van der Waals surface area contributed by atoms with Crippen molar-refractivity contribution in [1.82, 2.24) is 0 Å². The number of rotatable bonds is 4. The number of halogens is 2. The molecular formula is C23H34Br2O4. The van der Waals surface area contributed by atoms with Gasteiger partial charge >= 0.3 is 11.9 Å². The fraction of sp³-hybridized carbons (Fsp3) is 0.913. The quantitative estimate of drug-likeness (QED) is 0.346. The predicted molar refractivity (Wildman–Crippen MR) is 119 cm³/mol. The van der Waals surface area contributed by atoms with Crippen LogP contribution in [0, 0.1) is 34.5 Å². The van der Waals surface area contributed by atoms with Crippen LogP contribution in [0.4, 0.5) is 0 Å². The molecule has 0 radical (unpaired) electrons. The number of hydrogen-bond acceptors (Lipinski definition) is 4. The summed E-state index contributed by atoms with van der Waals surface area (Å²) in [6.07, 6.45) is 10.6. The van der Waals surface area contributed by atoms with Gasteiger partial charge in [-0.2, -0.15) is 0 Å². The van der Waals surface area contributed by atoms with Gasteiger partial charge in [0.1, 0.15) is 22.9 Å². The van der Waals surface area contributed by atoms with Crippen molar-refractivity contribution in [3.63, 3.8) is 0 Å². The Kier molecular flexibility index (Phi) is 6.44. The van der Waals surface area contributed by atoms with Crippen molar-refractivity contribution in [2.45, 2.75) is 83.8 Å². The van der Waals surface area contributed by atoms with E-state index in [1.54, 1.807) is 0 Å². The van der Waals surface area contributed by atoms with Crippen LogP contribution in [-0.2, 0) is 19.1 Å². The number of carbonyl (C=O) groups is 2. The fourth-order valence-electron chi connectivity index (χ4n) is 7.88. The van der Waals surface area contributed by atoms with Crippen LogP contribution in [0.3, 0.4) is 0 Å². The lowest BCUT2D eigenvalue weighted by atomic mass is 9.45. The van der Waals surface area contributed by atoms with Gasteiger partial charge in [0.15, 0.2) is 0 Å². The molecule has 29 heavy (non-hydrogen) atoms. The largest absolute Gasteiger partial charge is 0.462 e. The lowest BCUT2D eigenvalue weighted by molar-refractivity contribution is -0.167. The van der Waals surface area contributed by atoms with Crippen molar-refractivity contribution < 1.29 is 19.1 Å². The molecule has 0 saturated heterocycles. The Morgan fingerprint density at radius 1 is 0.828 bits per heavy atom. The number of fused-ring (bicyclic) bond motifs is 5. The lowest BCUT2D eigenvalue weighted by Gasteiger charge is -2.60. The Hall–Kier alpha value is -0.100. The van der Waals surface area contributed by atoms with Gasteiger partial charge in [-0.15, -0.1) is 0 Å². The van der Waals surface area contributed by atoms with Gasteiger partial charge in [0.25, 0.3) is 0 Å². The second-order valence-electron chi connectivity index (χ2n) is 10.4. The first-order chi connectivity index (χ1) is 13.8. The smallest absolute Gasteiger partial charge is 0.316 e. The van der Waals surface area contributed by atoms with E-state index in [9.17, 15) is 9.59 Å². The van der Waals surface area contributed by atoms with Crippen LogP contribution in [0.5, 0.6) is 0 Å². The number of alkyl halides is 2. The molecule has 4 rings (SSSR count). The van der Waals surface area contributed by atoms with E-state index in [0.29, 0.717) is 17.3 Å². The molecule has 4 aliphatic carbocycles. The standard InChI is InChI=1S/C23H34Br2O4/c1-22-9-7-15(28-20(26)12-24)11-14(22)3-4-16-17-5-6-19(29-21(27)13-25)23(17,2)10-8-18(16)22/h14-19H,3-13H2,1-2H3/t14-,15-,16-,17-,18-,19-,22-,23-/m0/s1. The van der Waals surface area contributed by atoms with E-state index in [4.69, 9.17) is 9.47 Å². The van der Waals surface area contributed by atoms with Gasteiger partial charge in [-0.25, -0.2) is 0 Å². The summed E-state index contributed by atoms with van der Waals surface area (Å²) in [4.78, 5) is 23.7. The fourth-order valence-corrected chi connectivity index (χ4v) is 8.14. The molecule has 0 bridgehead atoms. The van der Waals surface area contributed by atoms with Crippen molar-refractivity contribution in [1.29, 1.82) is 0 Å². The second kappa shape index (κ2) is 8.44. The van der Waals surface area contributed by atoms with Gasteiger partial charge in [-0.3, -0.25) is 9.59 Å². The molecule has 0 aliphatic heterocycles. The maximum atomic E-state index is 11.9. The molecule has 4 nitrogen and oxygen atoms in total. The number of ether oxygens (including phenoxy) is 2. The van der Waals surface area contributed by atoms with E-state index in [1.165, 1.54) is 38.5 Å². The third-order valence-corrected chi connectivity index (χ3v) is 10.2. The van der Waals surface area contributed by atoms with Crippen molar-refractivity contribution in [3.8, 4) is 0 Å². The van der Waals surface area contributed by atoms with Crippen LogP contribution in [0.15, 0.2) is 0 Å². The van der Waals surface area contributed by atoms with Gasteiger partial charge in [0, 0.05) is 5.41 Å². The first-order valence-corrected chi connectivity index (χ1v) is 13.6. The topological polar surface area (TPSA) is 52.6 Å². The molecule has 4 fully saturated rings. The SMILES string of the molecule is C[C@]12CC[C@H](OC(=O)CBr)C[C@@H]1CC[C@@H]1[C@@H]2CC[C@]2(C)[C@@H](OC(=O)CBr)CC[C@@H]12. The number of hydrogen-bond donors (Lipinski definition) is 0. The third-order valence-electron chi connectivity index (χ3n) is 9.32. The van der Waals surface area contributed by atoms with E-state index in [2.05, 4.69) is 45.7 Å². The second-order valence-corrected chi connectivity index (χ2v) is 11.5. The van der Waals surface area contributed by atoms with Crippen LogP contribution in [0.2, 0.25) is 0 Å². The van der Waals surface area contributed by atoms with Crippen LogP contribution < -0.4 is 0 Å². The van der Waals surface area contributed by atoms with E-state index >= 15 is 0 Å². The van der Waals surface area contributed by atoms with E-state index in [1.807, 2.05) is 0 Å². The average molecular weight is 534 g/mol. The highest BCUT2D eigenvalue weighted by molar-refractivity contribution is 9.09. The normalized spacial score (nSPS) is 46.2. The Morgan fingerprint density at radius 3 is 2.21 bits per heavy atom. The summed E-state index contributed by atoms with van der Waals surface area (Å²) in [5.74, 6) is 2.61. The maximum absolute atomic E-state index is 11.9. The molecule has 6 heteroatoms. The zero-order valence-electron chi connectivity index (χ0n) is 17.6. The summed E-state index contributed by atoms with van der Waals surface area (Å²) in [6, 6.07) is 0. The maximum Gasteiger partial charge on any atom is 0.316 e. The molecule has 8 atom stereocenters. The summed E-state index contributed by atoms with van der Waals surface area (Å²) in [7, 11) is 0. The average Bonchev–Trinajstić information content (AvgIpc) is 3.04. The first kappa shape index (κ1) is 22.1. The minimum Gasteiger partial charge on any atom is -0.462 e. The summed E-state index contributed by atoms with van der Waals surface area (Å²) in [6.45, 7) is 4.91. The number of carbonyl (C=O) groups excluding carboxylic acids is 2. The zero-order valence-corrected chi connectivity index (χ0v) is 20.8. The van der Waals surface area contributed by atoms with Crippen LogP contribution in [0.25, 0.3) is 0 Å². The Labute approximate surface area is 191 Å². The molecule has 0 amide bonds. The summed E-state index contributed by atoms with van der Waals surface area (Å²) in [5, 5.41) is 0.577. The van der Waals surface area contributed by atoms with Crippen molar-refractivity contribution in [3.05, 3.63) is 0 Å². The summed E-state index contributed by atoms with van der Waals surface area (Å²) < 4.78 is 11.5. The van der Waals surface area contributed by atoms with Gasteiger partial charge in [0.2, 0.25) is 0 Å². The Morgan fingerprint density at radius 2 is 1.48 bits per heavy atom. The highest BCUT2D eigenvalue weighted by Gasteiger charge is 2.61. The van der Waals surface area contributed by atoms with Crippen LogP contribution in [-0.4, -0.2) is 34.8 Å². The van der Waals surface area contributed by atoms with Crippen LogP contribution >= 0.6 is 31.9 Å². The third kappa shape index (κ3) is 3.83. The first-order valence-electron chi connectivity index (χ1n) is 11.3. The van der Waals surface area contributed by atoms with Gasteiger partial charge in [-0.05, 0) is 86.9 Å². The molecule has 0 aromatic rings. The predicted octanol–water partition coefficient (Wildman–Crippen LogP) is 5.64. The van der Waals surface area contributed by atoms with Crippen molar-refractivity contribution in [2.24, 2.45) is 34.5 Å². The Bertz CT molecular complexity index is 655. The minimum atomic E-state index is -0.129. The van der Waals surface area contributed by atoms with Crippen molar-refractivity contribution >= 4 is 43.8 Å². The number of esters is 2. The molecule has 0 unspecified atom stereocenters. The molecule has 0 aromatic carbocycles. The van der Waals surface area contributed by atoms with Gasteiger partial charge in [-0.1, -0.05) is 45.7 Å². The van der Waals surface area contributed by atoms with Crippen molar-refractivity contribution in [2.75, 3.05) is 10.7 Å². The molecule has 0 N–H and O–H groups in total.